The summed E-state index contributed by atoms with van der Waals surface area (Å²) in [5.41, 5.74) is 0. The van der Waals surface area contributed by atoms with E-state index in [1.54, 1.807) is 0 Å². The number of aromatic amines is 1. The molecule has 0 atom stereocenters. The number of unbranched alkanes of at least 4 members (excludes halogenated alkanes) is 1. The molecule has 1 aliphatic rings. The zero-order chi connectivity index (χ0) is 15.3. The lowest BCUT2D eigenvalue weighted by Crippen LogP contribution is -3.00. The number of halogens is 1. The van der Waals surface area contributed by atoms with Crippen LogP contribution in [0.25, 0.3) is 0 Å². The third kappa shape index (κ3) is 5.57. The Morgan fingerprint density at radius 3 is 2.36 bits per heavy atom. The SMILES string of the molecule is CN(C)c1n[nH]c(N(C)CCCC[N+]2(C)CCCCC2)n1.[I-]. The van der Waals surface area contributed by atoms with Crippen LogP contribution < -0.4 is 33.8 Å². The van der Waals surface area contributed by atoms with Gasteiger partial charge in [0, 0.05) is 27.7 Å². The third-order valence-corrected chi connectivity index (χ3v) is 4.56. The molecule has 1 aromatic heterocycles. The molecule has 1 N–H and O–H groups in total. The van der Waals surface area contributed by atoms with Gasteiger partial charge in [-0.15, -0.1) is 5.10 Å². The number of piperidine rings is 1. The summed E-state index contributed by atoms with van der Waals surface area (Å²) < 4.78 is 1.27. The molecule has 1 saturated heterocycles. The van der Waals surface area contributed by atoms with Crippen LogP contribution in [0.4, 0.5) is 11.9 Å². The highest BCUT2D eigenvalue weighted by molar-refractivity contribution is 5.36. The number of aromatic nitrogens is 3. The normalized spacial score (nSPS) is 16.9. The minimum atomic E-state index is 0. The molecular formula is C15H31IN6. The Bertz CT molecular complexity index is 427. The van der Waals surface area contributed by atoms with E-state index >= 15 is 0 Å². The zero-order valence-electron chi connectivity index (χ0n) is 14.5. The molecule has 0 unspecified atom stereocenters. The van der Waals surface area contributed by atoms with Gasteiger partial charge in [-0.25, -0.2) is 5.10 Å². The second kappa shape index (κ2) is 8.90. The fraction of sp³-hybridized carbons (Fsp3) is 0.867. The molecule has 1 aliphatic heterocycles. The van der Waals surface area contributed by atoms with Crippen LogP contribution in [0.5, 0.6) is 0 Å². The number of hydrogen-bond donors (Lipinski definition) is 1. The molecule has 22 heavy (non-hydrogen) atoms. The first-order valence-corrected chi connectivity index (χ1v) is 8.15. The van der Waals surface area contributed by atoms with E-state index in [4.69, 9.17) is 0 Å². The van der Waals surface area contributed by atoms with Gasteiger partial charge >= 0.3 is 0 Å². The van der Waals surface area contributed by atoms with E-state index in [0.717, 1.165) is 18.4 Å². The van der Waals surface area contributed by atoms with E-state index in [0.29, 0.717) is 0 Å². The van der Waals surface area contributed by atoms with Crippen molar-refractivity contribution in [3.05, 3.63) is 0 Å². The highest BCUT2D eigenvalue weighted by atomic mass is 127. The Balaban J connectivity index is 0.00000242. The van der Waals surface area contributed by atoms with Gasteiger partial charge in [0.1, 0.15) is 0 Å². The van der Waals surface area contributed by atoms with Crippen LogP contribution in [0.3, 0.4) is 0 Å². The summed E-state index contributed by atoms with van der Waals surface area (Å²) in [6.45, 7) is 5.07. The molecule has 2 rings (SSSR count). The summed E-state index contributed by atoms with van der Waals surface area (Å²) in [5, 5.41) is 7.20. The molecule has 0 bridgehead atoms. The van der Waals surface area contributed by atoms with Gasteiger partial charge in [-0.1, -0.05) is 0 Å². The van der Waals surface area contributed by atoms with Crippen molar-refractivity contribution >= 4 is 11.9 Å². The number of quaternary nitrogens is 1. The molecule has 6 nitrogen and oxygen atoms in total. The van der Waals surface area contributed by atoms with Crippen molar-refractivity contribution in [1.29, 1.82) is 0 Å². The summed E-state index contributed by atoms with van der Waals surface area (Å²) in [4.78, 5) is 8.55. The van der Waals surface area contributed by atoms with Crippen LogP contribution in [0.1, 0.15) is 32.1 Å². The summed E-state index contributed by atoms with van der Waals surface area (Å²) in [6.07, 6.45) is 6.73. The average Bonchev–Trinajstić information content (AvgIpc) is 2.94. The lowest BCUT2D eigenvalue weighted by molar-refractivity contribution is -0.914. The Morgan fingerprint density at radius 2 is 1.77 bits per heavy atom. The van der Waals surface area contributed by atoms with Crippen LogP contribution in [0.15, 0.2) is 0 Å². The molecule has 0 saturated carbocycles. The predicted molar refractivity (Wildman–Crippen MR) is 87.9 cm³/mol. The number of nitrogens with one attached hydrogen (secondary N) is 1. The van der Waals surface area contributed by atoms with Gasteiger partial charge in [0.2, 0.25) is 11.9 Å². The van der Waals surface area contributed by atoms with Crippen LogP contribution in [-0.2, 0) is 0 Å². The maximum atomic E-state index is 4.47. The van der Waals surface area contributed by atoms with Gasteiger partial charge in [0.15, 0.2) is 0 Å². The number of rotatable bonds is 7. The summed E-state index contributed by atoms with van der Waals surface area (Å²) in [6, 6.07) is 0. The zero-order valence-corrected chi connectivity index (χ0v) is 16.6. The lowest BCUT2D eigenvalue weighted by Gasteiger charge is -2.38. The fourth-order valence-electron chi connectivity index (χ4n) is 3.06. The van der Waals surface area contributed by atoms with E-state index in [9.17, 15) is 0 Å². The van der Waals surface area contributed by atoms with Gasteiger partial charge < -0.3 is 38.3 Å². The minimum Gasteiger partial charge on any atom is -1.00 e. The number of nitrogens with zero attached hydrogens (tertiary/aromatic N) is 5. The van der Waals surface area contributed by atoms with Crippen molar-refractivity contribution in [1.82, 2.24) is 15.2 Å². The van der Waals surface area contributed by atoms with Gasteiger partial charge in [0.25, 0.3) is 0 Å². The van der Waals surface area contributed by atoms with Crippen molar-refractivity contribution in [2.45, 2.75) is 32.1 Å². The first-order valence-electron chi connectivity index (χ1n) is 8.15. The van der Waals surface area contributed by atoms with E-state index in [2.05, 4.69) is 34.2 Å². The van der Waals surface area contributed by atoms with Crippen molar-refractivity contribution in [3.8, 4) is 0 Å². The Hall–Kier alpha value is -0.570. The first-order chi connectivity index (χ1) is 10.0. The lowest BCUT2D eigenvalue weighted by atomic mass is 10.1. The molecule has 0 aliphatic carbocycles. The Morgan fingerprint density at radius 1 is 1.09 bits per heavy atom. The van der Waals surface area contributed by atoms with Gasteiger partial charge in [-0.3, -0.25) is 0 Å². The molecular weight excluding hydrogens is 391 g/mol. The number of likely N-dealkylation sites (tertiary alicyclic amines) is 1. The largest absolute Gasteiger partial charge is 1.00 e. The van der Waals surface area contributed by atoms with E-state index in [1.165, 1.54) is 56.2 Å². The molecule has 2 heterocycles. The minimum absolute atomic E-state index is 0. The quantitative estimate of drug-likeness (QED) is 0.338. The van der Waals surface area contributed by atoms with Crippen LogP contribution in [0.2, 0.25) is 0 Å². The van der Waals surface area contributed by atoms with Crippen LogP contribution in [0, 0.1) is 0 Å². The predicted octanol–water partition coefficient (Wildman–Crippen LogP) is -1.28. The summed E-state index contributed by atoms with van der Waals surface area (Å²) in [7, 11) is 8.41. The van der Waals surface area contributed by atoms with Crippen LogP contribution >= 0.6 is 0 Å². The van der Waals surface area contributed by atoms with E-state index in [-0.39, 0.29) is 24.0 Å². The van der Waals surface area contributed by atoms with Gasteiger partial charge in [0.05, 0.1) is 26.7 Å². The highest BCUT2D eigenvalue weighted by Crippen LogP contribution is 2.17. The van der Waals surface area contributed by atoms with Crippen molar-refractivity contribution < 1.29 is 28.5 Å². The third-order valence-electron chi connectivity index (χ3n) is 4.56. The molecule has 0 radical (unpaired) electrons. The second-order valence-corrected chi connectivity index (χ2v) is 6.83. The topological polar surface area (TPSA) is 48.1 Å². The Labute approximate surface area is 151 Å². The van der Waals surface area contributed by atoms with Crippen molar-refractivity contribution in [2.75, 3.05) is 64.2 Å². The molecule has 0 amide bonds. The average molecular weight is 422 g/mol. The monoisotopic (exact) mass is 422 g/mol. The molecule has 0 spiro atoms. The fourth-order valence-corrected chi connectivity index (χ4v) is 3.06. The van der Waals surface area contributed by atoms with Gasteiger partial charge in [-0.05, 0) is 32.1 Å². The molecule has 7 heteroatoms. The molecule has 128 valence electrons. The summed E-state index contributed by atoms with van der Waals surface area (Å²) in [5.74, 6) is 1.60. The maximum absolute atomic E-state index is 4.47. The summed E-state index contributed by atoms with van der Waals surface area (Å²) >= 11 is 0. The van der Waals surface area contributed by atoms with Gasteiger partial charge in [-0.2, -0.15) is 4.98 Å². The smallest absolute Gasteiger partial charge is 0.245 e. The Kier molecular flexibility index (Phi) is 7.88. The van der Waals surface area contributed by atoms with Crippen LogP contribution in [-0.4, -0.2) is 74.0 Å². The number of hydrogen-bond acceptors (Lipinski definition) is 4. The molecule has 0 aromatic carbocycles. The van der Waals surface area contributed by atoms with Crippen molar-refractivity contribution in [3.63, 3.8) is 0 Å². The standard InChI is InChI=1S/C15H31N6.HI/c1-19(2)14-16-15(18-17-14)20(3)10-6-9-13-21(4)11-7-5-8-12-21;/h5-13H2,1-4H3,(H,16,17,18);1H/q+1;/p-1. The molecule has 1 aromatic rings. The second-order valence-electron chi connectivity index (χ2n) is 6.83. The van der Waals surface area contributed by atoms with E-state index in [1.807, 2.05) is 19.0 Å². The maximum Gasteiger partial charge on any atom is 0.245 e. The first kappa shape index (κ1) is 19.5. The highest BCUT2D eigenvalue weighted by Gasteiger charge is 2.23. The van der Waals surface area contributed by atoms with E-state index < -0.39 is 0 Å². The number of anilines is 2. The number of H-pyrrole nitrogens is 1. The van der Waals surface area contributed by atoms with Crippen molar-refractivity contribution in [2.24, 2.45) is 0 Å². The molecule has 1 fully saturated rings.